The highest BCUT2D eigenvalue weighted by Crippen LogP contribution is 2.53. The van der Waals surface area contributed by atoms with Crippen LogP contribution in [0.2, 0.25) is 0 Å². The largest absolute Gasteiger partial charge is 0.508 e. The number of anilines is 1. The first-order chi connectivity index (χ1) is 13.0. The van der Waals surface area contributed by atoms with Crippen molar-refractivity contribution in [1.29, 1.82) is 0 Å². The minimum atomic E-state index is -0.498. The third-order valence-electron chi connectivity index (χ3n) is 5.26. The van der Waals surface area contributed by atoms with Crippen molar-refractivity contribution in [2.75, 3.05) is 5.32 Å². The number of amides is 1. The molecule has 1 heterocycles. The molecule has 136 valence electrons. The summed E-state index contributed by atoms with van der Waals surface area (Å²) in [6.45, 7) is 1.56. The quantitative estimate of drug-likeness (QED) is 0.715. The highest BCUT2D eigenvalue weighted by Gasteiger charge is 2.45. The molecule has 1 saturated carbocycles. The summed E-state index contributed by atoms with van der Waals surface area (Å²) in [7, 11) is 0. The summed E-state index contributed by atoms with van der Waals surface area (Å²) in [6.07, 6.45) is 4.57. The normalized spacial score (nSPS) is 14.6. The lowest BCUT2D eigenvalue weighted by molar-refractivity contribution is 0.102. The molecule has 27 heavy (non-hydrogen) atoms. The number of nitrogens with zero attached hydrogens (tertiary/aromatic N) is 1. The van der Waals surface area contributed by atoms with Gasteiger partial charge in [0.05, 0.1) is 11.8 Å². The molecule has 4 nitrogen and oxygen atoms in total. The van der Waals surface area contributed by atoms with Crippen LogP contribution in [0.25, 0.3) is 0 Å². The number of hydrogen-bond acceptors (Lipinski definition) is 3. The van der Waals surface area contributed by atoms with Crippen molar-refractivity contribution in [1.82, 2.24) is 4.98 Å². The average Bonchev–Trinajstić information content (AvgIpc) is 3.47. The van der Waals surface area contributed by atoms with E-state index in [9.17, 15) is 14.3 Å². The van der Waals surface area contributed by atoms with Gasteiger partial charge in [-0.15, -0.1) is 0 Å². The van der Waals surface area contributed by atoms with Gasteiger partial charge in [0.2, 0.25) is 0 Å². The maximum Gasteiger partial charge on any atom is 0.257 e. The number of nitrogens with one attached hydrogen (secondary N) is 1. The van der Waals surface area contributed by atoms with E-state index in [4.69, 9.17) is 0 Å². The number of phenols is 1. The molecule has 1 aliphatic carbocycles. The Bertz CT molecular complexity index is 994. The average molecular weight is 362 g/mol. The van der Waals surface area contributed by atoms with Gasteiger partial charge in [0, 0.05) is 22.9 Å². The minimum Gasteiger partial charge on any atom is -0.508 e. The molecule has 1 aliphatic rings. The number of carbonyl (C=O) groups is 1. The Hall–Kier alpha value is -3.21. The SMILES string of the molecule is Cc1c(F)cncc1C(=O)Nc1ccc(C2(c3ccc(O)cc3)CC2)cc1. The third kappa shape index (κ3) is 3.16. The molecule has 0 bridgehead atoms. The number of aromatic nitrogens is 1. The van der Waals surface area contributed by atoms with E-state index in [1.807, 2.05) is 36.4 Å². The summed E-state index contributed by atoms with van der Waals surface area (Å²) in [5.74, 6) is -0.621. The van der Waals surface area contributed by atoms with Crippen LogP contribution < -0.4 is 5.32 Å². The van der Waals surface area contributed by atoms with Crippen molar-refractivity contribution >= 4 is 11.6 Å². The molecule has 1 amide bonds. The van der Waals surface area contributed by atoms with E-state index < -0.39 is 5.82 Å². The van der Waals surface area contributed by atoms with Gasteiger partial charge in [0.15, 0.2) is 0 Å². The van der Waals surface area contributed by atoms with Crippen molar-refractivity contribution in [2.45, 2.75) is 25.2 Å². The molecule has 0 unspecified atom stereocenters. The standard InChI is InChI=1S/C22H19FN2O2/c1-14-19(12-24-13-20(14)23)21(27)25-17-6-2-15(3-7-17)22(10-11-22)16-4-8-18(26)9-5-16/h2-9,12-13,26H,10-11H2,1H3,(H,25,27). The molecule has 2 aromatic carbocycles. The van der Waals surface area contributed by atoms with E-state index in [0.29, 0.717) is 5.69 Å². The second-order valence-corrected chi connectivity index (χ2v) is 6.95. The van der Waals surface area contributed by atoms with Gasteiger partial charge in [0.1, 0.15) is 11.6 Å². The van der Waals surface area contributed by atoms with Gasteiger partial charge in [-0.2, -0.15) is 0 Å². The second kappa shape index (κ2) is 6.50. The van der Waals surface area contributed by atoms with Gasteiger partial charge in [-0.05, 0) is 55.2 Å². The van der Waals surface area contributed by atoms with Crippen molar-refractivity contribution in [3.05, 3.63) is 89.0 Å². The summed E-state index contributed by atoms with van der Waals surface area (Å²) in [6, 6.07) is 15.1. The van der Waals surface area contributed by atoms with E-state index in [1.165, 1.54) is 17.3 Å². The van der Waals surface area contributed by atoms with E-state index >= 15 is 0 Å². The number of hydrogen-bond donors (Lipinski definition) is 2. The van der Waals surface area contributed by atoms with E-state index in [-0.39, 0.29) is 28.2 Å². The lowest BCUT2D eigenvalue weighted by atomic mass is 9.88. The summed E-state index contributed by atoms with van der Waals surface area (Å²) in [5, 5.41) is 12.3. The summed E-state index contributed by atoms with van der Waals surface area (Å²) in [5.41, 5.74) is 3.49. The Morgan fingerprint density at radius 1 is 1.04 bits per heavy atom. The molecule has 1 aromatic heterocycles. The van der Waals surface area contributed by atoms with Gasteiger partial charge < -0.3 is 10.4 Å². The highest BCUT2D eigenvalue weighted by molar-refractivity contribution is 6.05. The van der Waals surface area contributed by atoms with Crippen LogP contribution in [-0.4, -0.2) is 16.0 Å². The second-order valence-electron chi connectivity index (χ2n) is 6.95. The van der Waals surface area contributed by atoms with Gasteiger partial charge >= 0.3 is 0 Å². The summed E-state index contributed by atoms with van der Waals surface area (Å²) in [4.78, 5) is 16.1. The maximum atomic E-state index is 13.6. The fourth-order valence-corrected chi connectivity index (χ4v) is 3.45. The first-order valence-corrected chi connectivity index (χ1v) is 8.81. The molecule has 2 N–H and O–H groups in total. The minimum absolute atomic E-state index is 0.0146. The Morgan fingerprint density at radius 3 is 2.22 bits per heavy atom. The number of aromatic hydroxyl groups is 1. The van der Waals surface area contributed by atoms with Crippen LogP contribution in [0.1, 0.15) is 39.9 Å². The first-order valence-electron chi connectivity index (χ1n) is 8.81. The monoisotopic (exact) mass is 362 g/mol. The highest BCUT2D eigenvalue weighted by atomic mass is 19.1. The number of pyridine rings is 1. The van der Waals surface area contributed by atoms with Gasteiger partial charge in [-0.1, -0.05) is 24.3 Å². The molecular formula is C22H19FN2O2. The molecule has 1 fully saturated rings. The van der Waals surface area contributed by atoms with E-state index in [2.05, 4.69) is 10.3 Å². The zero-order valence-corrected chi connectivity index (χ0v) is 14.9. The van der Waals surface area contributed by atoms with Crippen LogP contribution in [0.15, 0.2) is 60.9 Å². The summed E-state index contributed by atoms with van der Waals surface area (Å²) < 4.78 is 13.6. The van der Waals surface area contributed by atoms with E-state index in [0.717, 1.165) is 19.0 Å². The molecule has 5 heteroatoms. The fourth-order valence-electron chi connectivity index (χ4n) is 3.45. The molecule has 0 aliphatic heterocycles. The zero-order chi connectivity index (χ0) is 19.0. The molecular weight excluding hydrogens is 343 g/mol. The topological polar surface area (TPSA) is 62.2 Å². The lowest BCUT2D eigenvalue weighted by Gasteiger charge is -2.17. The Morgan fingerprint density at radius 2 is 1.63 bits per heavy atom. The predicted molar refractivity (Wildman–Crippen MR) is 101 cm³/mol. The number of halogens is 1. The van der Waals surface area contributed by atoms with Crippen LogP contribution in [0.3, 0.4) is 0 Å². The number of benzene rings is 2. The van der Waals surface area contributed by atoms with Crippen LogP contribution in [0.4, 0.5) is 10.1 Å². The fraction of sp³-hybridized carbons (Fsp3) is 0.182. The number of carbonyl (C=O) groups excluding carboxylic acids is 1. The van der Waals surface area contributed by atoms with Crippen LogP contribution in [-0.2, 0) is 5.41 Å². The van der Waals surface area contributed by atoms with Crippen LogP contribution >= 0.6 is 0 Å². The molecule has 0 saturated heterocycles. The predicted octanol–water partition coefficient (Wildman–Crippen LogP) is 4.57. The molecule has 0 spiro atoms. The Kier molecular flexibility index (Phi) is 4.15. The van der Waals surface area contributed by atoms with Crippen molar-refractivity contribution in [3.63, 3.8) is 0 Å². The molecule has 0 atom stereocenters. The van der Waals surface area contributed by atoms with E-state index in [1.54, 1.807) is 19.1 Å². The molecule has 0 radical (unpaired) electrons. The molecule has 4 rings (SSSR count). The maximum absolute atomic E-state index is 13.6. The third-order valence-corrected chi connectivity index (χ3v) is 5.26. The van der Waals surface area contributed by atoms with Crippen molar-refractivity contribution in [3.8, 4) is 5.75 Å². The van der Waals surface area contributed by atoms with Crippen molar-refractivity contribution in [2.24, 2.45) is 0 Å². The number of rotatable bonds is 4. The first kappa shape index (κ1) is 17.2. The van der Waals surface area contributed by atoms with Gasteiger partial charge in [0.25, 0.3) is 5.91 Å². The van der Waals surface area contributed by atoms with Crippen LogP contribution in [0, 0.1) is 12.7 Å². The lowest BCUT2D eigenvalue weighted by Crippen LogP contribution is -2.15. The van der Waals surface area contributed by atoms with Crippen molar-refractivity contribution < 1.29 is 14.3 Å². The number of phenolic OH excluding ortho intramolecular Hbond substituents is 1. The van der Waals surface area contributed by atoms with Gasteiger partial charge in [-0.3, -0.25) is 9.78 Å². The Labute approximate surface area is 156 Å². The smallest absolute Gasteiger partial charge is 0.257 e. The summed E-state index contributed by atoms with van der Waals surface area (Å²) >= 11 is 0. The Balaban J connectivity index is 1.53. The zero-order valence-electron chi connectivity index (χ0n) is 14.9. The van der Waals surface area contributed by atoms with Gasteiger partial charge in [-0.25, -0.2) is 4.39 Å². The van der Waals surface area contributed by atoms with Crippen LogP contribution in [0.5, 0.6) is 5.75 Å². The molecule has 3 aromatic rings.